The highest BCUT2D eigenvalue weighted by Gasteiger charge is 2.20. The highest BCUT2D eigenvalue weighted by Crippen LogP contribution is 2.34. The summed E-state index contributed by atoms with van der Waals surface area (Å²) in [4.78, 5) is 23.2. The molecule has 0 unspecified atom stereocenters. The van der Waals surface area contributed by atoms with Gasteiger partial charge in [0.15, 0.2) is 0 Å². The van der Waals surface area contributed by atoms with Gasteiger partial charge in [0.2, 0.25) is 0 Å². The average Bonchev–Trinajstić information content (AvgIpc) is 2.39. The molecule has 1 rings (SSSR count). The number of carbonyl (C=O) groups is 2. The maximum atomic E-state index is 11.6. The molecule has 0 aromatic heterocycles. The van der Waals surface area contributed by atoms with Crippen LogP contribution < -0.4 is 5.30 Å². The number of hydrogen-bond donors (Lipinski definition) is 0. The predicted molar refractivity (Wildman–Crippen MR) is 76.0 cm³/mol. The van der Waals surface area contributed by atoms with Gasteiger partial charge in [-0.05, 0) is 19.2 Å². The molecule has 0 fully saturated rings. The summed E-state index contributed by atoms with van der Waals surface area (Å²) in [5, 5.41) is 1.01. The smallest absolute Gasteiger partial charge is 0.310 e. The van der Waals surface area contributed by atoms with Gasteiger partial charge in [-0.15, -0.1) is 0 Å². The van der Waals surface area contributed by atoms with Crippen molar-refractivity contribution in [1.29, 1.82) is 0 Å². The van der Waals surface area contributed by atoms with E-state index >= 15 is 0 Å². The standard InChI is InChI=1S/C14H19O4P/c1-3-17-13(15)10-19(11-14(16)18-4-2)12-8-6-5-7-9-12/h5-9H,3-4,10-11H2,1-2H3. The van der Waals surface area contributed by atoms with E-state index in [1.807, 2.05) is 30.3 Å². The van der Waals surface area contributed by atoms with Crippen LogP contribution in [-0.4, -0.2) is 37.5 Å². The molecule has 0 aliphatic carbocycles. The zero-order valence-corrected chi connectivity index (χ0v) is 12.2. The Labute approximate surface area is 114 Å². The van der Waals surface area contributed by atoms with E-state index < -0.39 is 7.92 Å². The van der Waals surface area contributed by atoms with Gasteiger partial charge in [0.05, 0.1) is 25.5 Å². The Morgan fingerprint density at radius 1 is 0.947 bits per heavy atom. The van der Waals surface area contributed by atoms with Crippen LogP contribution in [0.3, 0.4) is 0 Å². The number of rotatable bonds is 7. The molecule has 5 heteroatoms. The molecule has 19 heavy (non-hydrogen) atoms. The lowest BCUT2D eigenvalue weighted by molar-refractivity contribution is -0.140. The molecule has 1 aromatic rings. The van der Waals surface area contributed by atoms with Crippen molar-refractivity contribution < 1.29 is 19.1 Å². The molecule has 0 saturated carbocycles. The predicted octanol–water partition coefficient (Wildman–Crippen LogP) is 1.92. The molecule has 0 radical (unpaired) electrons. The third-order valence-electron chi connectivity index (χ3n) is 2.37. The highest BCUT2D eigenvalue weighted by molar-refractivity contribution is 7.67. The van der Waals surface area contributed by atoms with E-state index in [-0.39, 0.29) is 24.3 Å². The Morgan fingerprint density at radius 3 is 1.84 bits per heavy atom. The summed E-state index contributed by atoms with van der Waals surface area (Å²) >= 11 is 0. The van der Waals surface area contributed by atoms with Gasteiger partial charge in [0.1, 0.15) is 0 Å². The number of benzene rings is 1. The van der Waals surface area contributed by atoms with Gasteiger partial charge < -0.3 is 9.47 Å². The van der Waals surface area contributed by atoms with Gasteiger partial charge in [-0.3, -0.25) is 9.59 Å². The Kier molecular flexibility index (Phi) is 7.12. The van der Waals surface area contributed by atoms with Gasteiger partial charge in [0.25, 0.3) is 0 Å². The lowest BCUT2D eigenvalue weighted by Gasteiger charge is -2.16. The van der Waals surface area contributed by atoms with Crippen molar-refractivity contribution in [3.05, 3.63) is 30.3 Å². The first-order valence-electron chi connectivity index (χ1n) is 6.28. The molecular weight excluding hydrogens is 263 g/mol. The van der Waals surface area contributed by atoms with E-state index in [0.717, 1.165) is 5.30 Å². The first-order chi connectivity index (χ1) is 9.17. The molecule has 1 aromatic carbocycles. The highest BCUT2D eigenvalue weighted by atomic mass is 31.1. The zero-order valence-electron chi connectivity index (χ0n) is 11.3. The van der Waals surface area contributed by atoms with E-state index in [1.54, 1.807) is 13.8 Å². The third kappa shape index (κ3) is 5.84. The minimum absolute atomic E-state index is 0.256. The lowest BCUT2D eigenvalue weighted by Crippen LogP contribution is -2.19. The third-order valence-corrected chi connectivity index (χ3v) is 4.68. The summed E-state index contributed by atoms with van der Waals surface area (Å²) in [5.41, 5.74) is 0. The van der Waals surface area contributed by atoms with E-state index in [4.69, 9.17) is 9.47 Å². The quantitative estimate of drug-likeness (QED) is 0.566. The Morgan fingerprint density at radius 2 is 1.42 bits per heavy atom. The van der Waals surface area contributed by atoms with E-state index in [9.17, 15) is 9.59 Å². The summed E-state index contributed by atoms with van der Waals surface area (Å²) in [6.07, 6.45) is 0.512. The summed E-state index contributed by atoms with van der Waals surface area (Å²) in [6.45, 7) is 4.26. The van der Waals surface area contributed by atoms with Crippen LogP contribution >= 0.6 is 7.92 Å². The second kappa shape index (κ2) is 8.65. The summed E-state index contributed by atoms with van der Waals surface area (Å²) < 4.78 is 9.92. The van der Waals surface area contributed by atoms with Crippen molar-refractivity contribution in [3.8, 4) is 0 Å². The largest absolute Gasteiger partial charge is 0.466 e. The molecule has 0 spiro atoms. The van der Waals surface area contributed by atoms with E-state index in [0.29, 0.717) is 13.2 Å². The van der Waals surface area contributed by atoms with Crippen molar-refractivity contribution in [2.45, 2.75) is 13.8 Å². The first kappa shape index (κ1) is 15.6. The number of hydrogen-bond acceptors (Lipinski definition) is 4. The fraction of sp³-hybridized carbons (Fsp3) is 0.429. The number of carbonyl (C=O) groups excluding carboxylic acids is 2. The van der Waals surface area contributed by atoms with E-state index in [1.165, 1.54) is 0 Å². The molecule has 0 heterocycles. The Bertz CT molecular complexity index is 385. The summed E-state index contributed by atoms with van der Waals surface area (Å²) in [5.74, 6) is -0.525. The van der Waals surface area contributed by atoms with Crippen LogP contribution in [0.2, 0.25) is 0 Å². The first-order valence-corrected chi connectivity index (χ1v) is 7.99. The lowest BCUT2D eigenvalue weighted by atomic mass is 10.4. The van der Waals surface area contributed by atoms with Crippen LogP contribution in [0.4, 0.5) is 0 Å². The topological polar surface area (TPSA) is 52.6 Å². The number of esters is 2. The van der Waals surface area contributed by atoms with Gasteiger partial charge in [-0.25, -0.2) is 0 Å². The monoisotopic (exact) mass is 282 g/mol. The second-order valence-corrected chi connectivity index (χ2v) is 6.03. The van der Waals surface area contributed by atoms with Crippen LogP contribution in [0.1, 0.15) is 13.8 Å². The van der Waals surface area contributed by atoms with Crippen molar-refractivity contribution >= 4 is 25.2 Å². The molecule has 0 bridgehead atoms. The summed E-state index contributed by atoms with van der Waals surface area (Å²) in [6, 6.07) is 9.59. The van der Waals surface area contributed by atoms with Crippen LogP contribution in [-0.2, 0) is 19.1 Å². The van der Waals surface area contributed by atoms with Crippen LogP contribution in [0.25, 0.3) is 0 Å². The molecule has 104 valence electrons. The Hall–Kier alpha value is -1.41. The molecule has 0 saturated heterocycles. The molecule has 0 N–H and O–H groups in total. The fourth-order valence-corrected chi connectivity index (χ4v) is 3.48. The maximum Gasteiger partial charge on any atom is 0.310 e. The maximum absolute atomic E-state index is 11.6. The average molecular weight is 282 g/mol. The van der Waals surface area contributed by atoms with Crippen molar-refractivity contribution in [2.24, 2.45) is 0 Å². The van der Waals surface area contributed by atoms with Crippen molar-refractivity contribution in [1.82, 2.24) is 0 Å². The van der Waals surface area contributed by atoms with Gasteiger partial charge >= 0.3 is 11.9 Å². The fourth-order valence-electron chi connectivity index (χ4n) is 1.60. The molecule has 0 amide bonds. The van der Waals surface area contributed by atoms with Crippen LogP contribution in [0.5, 0.6) is 0 Å². The van der Waals surface area contributed by atoms with Gasteiger partial charge in [0, 0.05) is 0 Å². The molecule has 0 aliphatic rings. The SMILES string of the molecule is CCOC(=O)CP(CC(=O)OCC)c1ccccc1. The van der Waals surface area contributed by atoms with Gasteiger partial charge in [-0.1, -0.05) is 38.3 Å². The molecule has 4 nitrogen and oxygen atoms in total. The normalized spacial score (nSPS) is 10.3. The second-order valence-electron chi connectivity index (χ2n) is 3.80. The van der Waals surface area contributed by atoms with Gasteiger partial charge in [-0.2, -0.15) is 0 Å². The van der Waals surface area contributed by atoms with E-state index in [2.05, 4.69) is 0 Å². The van der Waals surface area contributed by atoms with Crippen LogP contribution in [0.15, 0.2) is 30.3 Å². The molecule has 0 atom stereocenters. The molecular formula is C14H19O4P. The molecule has 0 aliphatic heterocycles. The Balaban J connectivity index is 2.73. The van der Waals surface area contributed by atoms with Crippen molar-refractivity contribution in [3.63, 3.8) is 0 Å². The number of ether oxygens (including phenoxy) is 2. The van der Waals surface area contributed by atoms with Crippen LogP contribution in [0, 0.1) is 0 Å². The van der Waals surface area contributed by atoms with Crippen molar-refractivity contribution in [2.75, 3.05) is 25.5 Å². The minimum Gasteiger partial charge on any atom is -0.466 e. The minimum atomic E-state index is -0.907. The summed E-state index contributed by atoms with van der Waals surface area (Å²) in [7, 11) is -0.907. The zero-order chi connectivity index (χ0) is 14.1.